The quantitative estimate of drug-likeness (QED) is 0.773. The second kappa shape index (κ2) is 6.13. The summed E-state index contributed by atoms with van der Waals surface area (Å²) in [4.78, 5) is 20.2. The number of carbonyl (C=O) groups is 1. The summed E-state index contributed by atoms with van der Waals surface area (Å²) < 4.78 is 7.50. The van der Waals surface area contributed by atoms with Crippen LogP contribution in [-0.4, -0.2) is 25.6 Å². The number of carboxylic acids is 1. The molecule has 1 atom stereocenters. The van der Waals surface area contributed by atoms with Crippen molar-refractivity contribution in [2.75, 3.05) is 0 Å². The maximum absolute atomic E-state index is 11.4. The highest BCUT2D eigenvalue weighted by atomic mass is 35.5. The first kappa shape index (κ1) is 16.3. The van der Waals surface area contributed by atoms with E-state index in [-0.39, 0.29) is 0 Å². The van der Waals surface area contributed by atoms with Gasteiger partial charge in [0, 0.05) is 16.3 Å². The lowest BCUT2D eigenvalue weighted by Crippen LogP contribution is -2.07. The van der Waals surface area contributed by atoms with Crippen molar-refractivity contribution in [1.29, 1.82) is 0 Å². The Labute approximate surface area is 143 Å². The molecule has 0 aliphatic heterocycles. The molecule has 0 radical (unpaired) electrons. The summed E-state index contributed by atoms with van der Waals surface area (Å²) in [6.45, 7) is 5.35. The Morgan fingerprint density at radius 1 is 1.29 bits per heavy atom. The zero-order valence-electron chi connectivity index (χ0n) is 13.4. The van der Waals surface area contributed by atoms with Gasteiger partial charge in [0.2, 0.25) is 0 Å². The fraction of sp³-hybridized carbons (Fsp3) is 0.235. The minimum absolute atomic E-state index is 0.293. The number of halogens is 1. The third kappa shape index (κ3) is 2.80. The van der Waals surface area contributed by atoms with Crippen LogP contribution in [0.15, 0.2) is 35.0 Å². The topological polar surface area (TPSA) is 81.2 Å². The number of aromatic nitrogens is 3. The lowest BCUT2D eigenvalue weighted by molar-refractivity contribution is -0.138. The normalized spacial score (nSPS) is 12.3. The van der Waals surface area contributed by atoms with E-state index in [1.807, 2.05) is 13.8 Å². The van der Waals surface area contributed by atoms with Crippen LogP contribution in [0.25, 0.3) is 17.3 Å². The van der Waals surface area contributed by atoms with Crippen LogP contribution in [-0.2, 0) is 4.79 Å². The van der Waals surface area contributed by atoms with E-state index in [0.717, 1.165) is 17.0 Å². The van der Waals surface area contributed by atoms with Crippen molar-refractivity contribution in [3.05, 3.63) is 52.8 Å². The molecule has 124 valence electrons. The molecular weight excluding hydrogens is 330 g/mol. The third-order valence-electron chi connectivity index (χ3n) is 3.98. The van der Waals surface area contributed by atoms with Gasteiger partial charge in [0.25, 0.3) is 0 Å². The fourth-order valence-electron chi connectivity index (χ4n) is 2.33. The summed E-state index contributed by atoms with van der Waals surface area (Å²) in [5.41, 5.74) is 2.97. The smallest absolute Gasteiger partial charge is 0.314 e. The first-order valence-electron chi connectivity index (χ1n) is 7.39. The standard InChI is InChI=1S/C17H16ClN3O3/c1-9(16(22)23)15-14(12-4-6-13(18)7-5-12)20-17(24-15)21-8-19-10(2)11(21)3/h4-9H,1-3H3,(H,22,23). The zero-order chi connectivity index (χ0) is 17.4. The van der Waals surface area contributed by atoms with E-state index in [9.17, 15) is 9.90 Å². The van der Waals surface area contributed by atoms with Crippen LogP contribution in [0, 0.1) is 13.8 Å². The highest BCUT2D eigenvalue weighted by Gasteiger charge is 2.26. The Morgan fingerprint density at radius 2 is 1.96 bits per heavy atom. The number of rotatable bonds is 4. The SMILES string of the molecule is Cc1ncn(-c2nc(-c3ccc(Cl)cc3)c(C(C)C(=O)O)o2)c1C. The number of benzene rings is 1. The number of oxazole rings is 1. The van der Waals surface area contributed by atoms with Gasteiger partial charge >= 0.3 is 12.0 Å². The van der Waals surface area contributed by atoms with E-state index in [4.69, 9.17) is 16.0 Å². The average molecular weight is 346 g/mol. The van der Waals surface area contributed by atoms with Gasteiger partial charge in [0.05, 0.1) is 5.69 Å². The maximum Gasteiger partial charge on any atom is 0.314 e. The third-order valence-corrected chi connectivity index (χ3v) is 4.23. The Bertz CT molecular complexity index is 896. The molecule has 6 nitrogen and oxygen atoms in total. The highest BCUT2D eigenvalue weighted by Crippen LogP contribution is 2.32. The molecule has 0 amide bonds. The molecule has 1 aromatic carbocycles. The first-order chi connectivity index (χ1) is 11.4. The number of hydrogen-bond donors (Lipinski definition) is 1. The molecule has 2 heterocycles. The average Bonchev–Trinajstić information content (AvgIpc) is 3.12. The molecule has 24 heavy (non-hydrogen) atoms. The molecule has 0 fully saturated rings. The van der Waals surface area contributed by atoms with Crippen LogP contribution in [0.3, 0.4) is 0 Å². The van der Waals surface area contributed by atoms with E-state index in [0.29, 0.717) is 22.5 Å². The van der Waals surface area contributed by atoms with Gasteiger partial charge in [-0.2, -0.15) is 4.98 Å². The van der Waals surface area contributed by atoms with Crippen molar-refractivity contribution in [2.24, 2.45) is 0 Å². The van der Waals surface area contributed by atoms with E-state index < -0.39 is 11.9 Å². The summed E-state index contributed by atoms with van der Waals surface area (Å²) in [6, 6.07) is 7.32. The van der Waals surface area contributed by atoms with Gasteiger partial charge in [-0.05, 0) is 32.9 Å². The molecule has 3 aromatic rings. The fourth-order valence-corrected chi connectivity index (χ4v) is 2.46. The number of hydrogen-bond acceptors (Lipinski definition) is 4. The van der Waals surface area contributed by atoms with Crippen molar-refractivity contribution >= 4 is 17.6 Å². The molecule has 1 unspecified atom stereocenters. The molecule has 1 N–H and O–H groups in total. The zero-order valence-corrected chi connectivity index (χ0v) is 14.2. The van der Waals surface area contributed by atoms with E-state index >= 15 is 0 Å². The molecule has 7 heteroatoms. The minimum atomic E-state index is -0.980. The van der Waals surface area contributed by atoms with Crippen LogP contribution < -0.4 is 0 Å². The highest BCUT2D eigenvalue weighted by molar-refractivity contribution is 6.30. The molecule has 0 aliphatic rings. The maximum atomic E-state index is 11.4. The van der Waals surface area contributed by atoms with Crippen LogP contribution in [0.4, 0.5) is 0 Å². The summed E-state index contributed by atoms with van der Waals surface area (Å²) in [7, 11) is 0. The first-order valence-corrected chi connectivity index (χ1v) is 7.76. The molecule has 0 spiro atoms. The van der Waals surface area contributed by atoms with E-state index in [2.05, 4.69) is 9.97 Å². The van der Waals surface area contributed by atoms with Crippen molar-refractivity contribution in [3.63, 3.8) is 0 Å². The van der Waals surface area contributed by atoms with Gasteiger partial charge in [0.15, 0.2) is 0 Å². The van der Waals surface area contributed by atoms with Crippen LogP contribution in [0.5, 0.6) is 0 Å². The van der Waals surface area contributed by atoms with E-state index in [1.165, 1.54) is 0 Å². The predicted octanol–water partition coefficient (Wildman–Crippen LogP) is 3.99. The Morgan fingerprint density at radius 3 is 2.50 bits per heavy atom. The summed E-state index contributed by atoms with van der Waals surface area (Å²) >= 11 is 5.93. The second-order valence-corrected chi connectivity index (χ2v) is 6.00. The summed E-state index contributed by atoms with van der Waals surface area (Å²) in [6.07, 6.45) is 1.61. The molecule has 0 bridgehead atoms. The Hall–Kier alpha value is -2.60. The Balaban J connectivity index is 2.17. The molecule has 0 saturated carbocycles. The van der Waals surface area contributed by atoms with Crippen LogP contribution in [0.2, 0.25) is 5.02 Å². The molecule has 0 saturated heterocycles. The second-order valence-electron chi connectivity index (χ2n) is 5.56. The summed E-state index contributed by atoms with van der Waals surface area (Å²) in [5, 5.41) is 9.96. The molecule has 0 aliphatic carbocycles. The summed E-state index contributed by atoms with van der Waals surface area (Å²) in [5.74, 6) is -1.51. The lowest BCUT2D eigenvalue weighted by Gasteiger charge is -2.05. The lowest BCUT2D eigenvalue weighted by atomic mass is 10.0. The molecule has 2 aromatic heterocycles. The van der Waals surface area contributed by atoms with Crippen molar-refractivity contribution in [2.45, 2.75) is 26.7 Å². The van der Waals surface area contributed by atoms with Crippen molar-refractivity contribution < 1.29 is 14.3 Å². The van der Waals surface area contributed by atoms with Gasteiger partial charge in [0.1, 0.15) is 23.7 Å². The minimum Gasteiger partial charge on any atom is -0.481 e. The number of nitrogens with zero attached hydrogens (tertiary/aromatic N) is 3. The molecular formula is C17H16ClN3O3. The van der Waals surface area contributed by atoms with Crippen molar-refractivity contribution in [3.8, 4) is 17.3 Å². The number of aryl methyl sites for hydroxylation is 1. The van der Waals surface area contributed by atoms with Gasteiger partial charge in [-0.1, -0.05) is 23.7 Å². The number of aliphatic carboxylic acids is 1. The molecule has 3 rings (SSSR count). The largest absolute Gasteiger partial charge is 0.481 e. The van der Waals surface area contributed by atoms with Gasteiger partial charge in [-0.15, -0.1) is 0 Å². The van der Waals surface area contributed by atoms with E-state index in [1.54, 1.807) is 42.1 Å². The van der Waals surface area contributed by atoms with Gasteiger partial charge in [-0.3, -0.25) is 9.36 Å². The van der Waals surface area contributed by atoms with Gasteiger partial charge in [-0.25, -0.2) is 4.98 Å². The Kier molecular flexibility index (Phi) is 4.15. The van der Waals surface area contributed by atoms with Gasteiger partial charge < -0.3 is 9.52 Å². The van der Waals surface area contributed by atoms with Crippen molar-refractivity contribution in [1.82, 2.24) is 14.5 Å². The monoisotopic (exact) mass is 345 g/mol. The van der Waals surface area contributed by atoms with Crippen LogP contribution in [0.1, 0.15) is 30.0 Å². The number of carboxylic acid groups (broad SMARTS) is 1. The predicted molar refractivity (Wildman–Crippen MR) is 89.6 cm³/mol. The van der Waals surface area contributed by atoms with Crippen LogP contribution >= 0.6 is 11.6 Å². The number of imidazole rings is 1.